The van der Waals surface area contributed by atoms with E-state index in [4.69, 9.17) is 4.52 Å². The lowest BCUT2D eigenvalue weighted by atomic mass is 10.1. The van der Waals surface area contributed by atoms with Crippen molar-refractivity contribution in [3.05, 3.63) is 42.2 Å². The van der Waals surface area contributed by atoms with E-state index in [0.29, 0.717) is 11.5 Å². The summed E-state index contributed by atoms with van der Waals surface area (Å²) in [5, 5.41) is 3.93. The van der Waals surface area contributed by atoms with Crippen LogP contribution in [-0.2, 0) is 16.1 Å². The molecule has 0 atom stereocenters. The largest absolute Gasteiger partial charge is 0.359 e. The van der Waals surface area contributed by atoms with Crippen LogP contribution >= 0.6 is 0 Å². The van der Waals surface area contributed by atoms with Gasteiger partial charge in [0.1, 0.15) is 5.69 Å². The molecular weight excluding hydrogens is 244 g/mol. The van der Waals surface area contributed by atoms with Crippen LogP contribution in [-0.4, -0.2) is 21.9 Å². The van der Waals surface area contributed by atoms with Crippen molar-refractivity contribution in [1.29, 1.82) is 0 Å². The molecule has 0 aliphatic carbocycles. The van der Waals surface area contributed by atoms with Gasteiger partial charge in [-0.3, -0.25) is 14.5 Å². The molecule has 2 rings (SSSR count). The Kier molecular flexibility index (Phi) is 3.75. The molecule has 0 aliphatic rings. The number of carbonyl (C=O) groups is 2. The Hall–Kier alpha value is -2.43. The van der Waals surface area contributed by atoms with Gasteiger partial charge in [-0.05, 0) is 0 Å². The molecule has 5 nitrogen and oxygen atoms in total. The van der Waals surface area contributed by atoms with Crippen LogP contribution in [0.15, 0.2) is 40.9 Å². The minimum Gasteiger partial charge on any atom is -0.359 e. The molecule has 0 bridgehead atoms. The van der Waals surface area contributed by atoms with Gasteiger partial charge in [0, 0.05) is 25.5 Å². The van der Waals surface area contributed by atoms with E-state index in [9.17, 15) is 9.59 Å². The average molecular weight is 258 g/mol. The number of benzene rings is 1. The van der Waals surface area contributed by atoms with Gasteiger partial charge in [-0.15, -0.1) is 0 Å². The molecule has 19 heavy (non-hydrogen) atoms. The van der Waals surface area contributed by atoms with Crippen molar-refractivity contribution >= 4 is 11.8 Å². The van der Waals surface area contributed by atoms with E-state index in [0.717, 1.165) is 10.5 Å². The van der Waals surface area contributed by atoms with Crippen molar-refractivity contribution in [2.75, 3.05) is 0 Å². The predicted molar refractivity (Wildman–Crippen MR) is 68.8 cm³/mol. The third-order valence-electron chi connectivity index (χ3n) is 2.70. The SMILES string of the molecule is CC(=O)N(Cc1cc(-c2ccccc2)no1)C(C)=O. The highest BCUT2D eigenvalue weighted by Crippen LogP contribution is 2.19. The standard InChI is InChI=1S/C14H14N2O3/c1-10(17)16(11(2)18)9-13-8-14(15-19-13)12-6-4-3-5-7-12/h3-8H,9H2,1-2H3. The average Bonchev–Trinajstić information content (AvgIpc) is 2.85. The van der Waals surface area contributed by atoms with Crippen molar-refractivity contribution in [3.8, 4) is 11.3 Å². The number of aromatic nitrogens is 1. The van der Waals surface area contributed by atoms with E-state index >= 15 is 0 Å². The summed E-state index contributed by atoms with van der Waals surface area (Å²) in [6.45, 7) is 2.79. The summed E-state index contributed by atoms with van der Waals surface area (Å²) in [5.41, 5.74) is 1.61. The molecule has 0 N–H and O–H groups in total. The second-order valence-electron chi connectivity index (χ2n) is 4.17. The topological polar surface area (TPSA) is 63.4 Å². The van der Waals surface area contributed by atoms with E-state index < -0.39 is 0 Å². The van der Waals surface area contributed by atoms with Crippen LogP contribution in [0.5, 0.6) is 0 Å². The number of amides is 2. The smallest absolute Gasteiger partial charge is 0.226 e. The van der Waals surface area contributed by atoms with Crippen LogP contribution in [0.3, 0.4) is 0 Å². The molecule has 5 heteroatoms. The molecule has 2 amide bonds. The van der Waals surface area contributed by atoms with Gasteiger partial charge >= 0.3 is 0 Å². The van der Waals surface area contributed by atoms with Gasteiger partial charge in [0.15, 0.2) is 5.76 Å². The molecule has 98 valence electrons. The second-order valence-corrected chi connectivity index (χ2v) is 4.17. The Morgan fingerprint density at radius 1 is 1.16 bits per heavy atom. The molecule has 0 saturated carbocycles. The van der Waals surface area contributed by atoms with Crippen LogP contribution in [0.25, 0.3) is 11.3 Å². The van der Waals surface area contributed by atoms with E-state index in [1.54, 1.807) is 6.07 Å². The summed E-state index contributed by atoms with van der Waals surface area (Å²) in [4.78, 5) is 23.7. The minimum absolute atomic E-state index is 0.102. The van der Waals surface area contributed by atoms with E-state index in [-0.39, 0.29) is 18.4 Å². The van der Waals surface area contributed by atoms with E-state index in [1.807, 2.05) is 30.3 Å². The molecule has 1 aromatic carbocycles. The van der Waals surface area contributed by atoms with Crippen LogP contribution in [0.4, 0.5) is 0 Å². The lowest BCUT2D eigenvalue weighted by Crippen LogP contribution is -2.32. The van der Waals surface area contributed by atoms with Crippen LogP contribution in [0.1, 0.15) is 19.6 Å². The van der Waals surface area contributed by atoms with Crippen molar-refractivity contribution in [1.82, 2.24) is 10.1 Å². The molecule has 0 saturated heterocycles. The summed E-state index contributed by atoms with van der Waals surface area (Å²) >= 11 is 0. The minimum atomic E-state index is -0.315. The normalized spacial score (nSPS) is 10.2. The zero-order valence-electron chi connectivity index (χ0n) is 10.8. The van der Waals surface area contributed by atoms with Gasteiger partial charge < -0.3 is 4.52 Å². The summed E-state index contributed by atoms with van der Waals surface area (Å²) in [7, 11) is 0. The lowest BCUT2D eigenvalue weighted by molar-refractivity contribution is -0.143. The third-order valence-corrected chi connectivity index (χ3v) is 2.70. The number of hydrogen-bond acceptors (Lipinski definition) is 4. The molecule has 2 aromatic rings. The first-order chi connectivity index (χ1) is 9.08. The maximum absolute atomic E-state index is 11.3. The fraction of sp³-hybridized carbons (Fsp3) is 0.214. The first-order valence-corrected chi connectivity index (χ1v) is 5.87. The fourth-order valence-electron chi connectivity index (χ4n) is 1.73. The van der Waals surface area contributed by atoms with Gasteiger partial charge in [0.05, 0.1) is 6.54 Å². The van der Waals surface area contributed by atoms with E-state index in [1.165, 1.54) is 13.8 Å². The molecule has 1 aromatic heterocycles. The zero-order valence-corrected chi connectivity index (χ0v) is 10.8. The Balaban J connectivity index is 2.18. The van der Waals surface area contributed by atoms with Crippen molar-refractivity contribution in [3.63, 3.8) is 0 Å². The van der Waals surface area contributed by atoms with Gasteiger partial charge in [-0.25, -0.2) is 0 Å². The van der Waals surface area contributed by atoms with Gasteiger partial charge in [0.2, 0.25) is 11.8 Å². The van der Waals surface area contributed by atoms with Crippen LogP contribution in [0, 0.1) is 0 Å². The molecule has 0 fully saturated rings. The second kappa shape index (κ2) is 5.48. The summed E-state index contributed by atoms with van der Waals surface area (Å²) in [6, 6.07) is 11.3. The third kappa shape index (κ3) is 3.07. The Bertz CT molecular complexity index is 576. The molecule has 0 radical (unpaired) electrons. The molecule has 0 aliphatic heterocycles. The van der Waals surface area contributed by atoms with Crippen LogP contribution < -0.4 is 0 Å². The number of hydrogen-bond donors (Lipinski definition) is 0. The fourth-order valence-corrected chi connectivity index (χ4v) is 1.73. The highest BCUT2D eigenvalue weighted by Gasteiger charge is 2.17. The van der Waals surface area contributed by atoms with Crippen molar-refractivity contribution < 1.29 is 14.1 Å². The molecule has 0 spiro atoms. The van der Waals surface area contributed by atoms with Gasteiger partial charge in [0.25, 0.3) is 0 Å². The van der Waals surface area contributed by atoms with Gasteiger partial charge in [-0.2, -0.15) is 0 Å². The lowest BCUT2D eigenvalue weighted by Gasteiger charge is -2.14. The number of imide groups is 1. The molecule has 1 heterocycles. The summed E-state index contributed by atoms with van der Waals surface area (Å²) in [5.74, 6) is -0.153. The zero-order chi connectivity index (χ0) is 13.8. The number of nitrogens with zero attached hydrogens (tertiary/aromatic N) is 2. The maximum Gasteiger partial charge on any atom is 0.226 e. The number of carbonyl (C=O) groups excluding carboxylic acids is 2. The first-order valence-electron chi connectivity index (χ1n) is 5.87. The molecule has 0 unspecified atom stereocenters. The Morgan fingerprint density at radius 2 is 1.79 bits per heavy atom. The predicted octanol–water partition coefficient (Wildman–Crippen LogP) is 2.24. The molecular formula is C14H14N2O3. The number of rotatable bonds is 3. The Labute approximate surface area is 110 Å². The van der Waals surface area contributed by atoms with Crippen LogP contribution in [0.2, 0.25) is 0 Å². The Morgan fingerprint density at radius 3 is 2.37 bits per heavy atom. The quantitative estimate of drug-likeness (QED) is 0.847. The van der Waals surface area contributed by atoms with Crippen molar-refractivity contribution in [2.45, 2.75) is 20.4 Å². The first kappa shape index (κ1) is 13.0. The highest BCUT2D eigenvalue weighted by atomic mass is 16.5. The van der Waals surface area contributed by atoms with E-state index in [2.05, 4.69) is 5.16 Å². The van der Waals surface area contributed by atoms with Gasteiger partial charge in [-0.1, -0.05) is 35.5 Å². The highest BCUT2D eigenvalue weighted by molar-refractivity contribution is 5.92. The summed E-state index contributed by atoms with van der Waals surface area (Å²) < 4.78 is 5.15. The van der Waals surface area contributed by atoms with Crippen molar-refractivity contribution in [2.24, 2.45) is 0 Å². The maximum atomic E-state index is 11.3. The monoisotopic (exact) mass is 258 g/mol. The summed E-state index contributed by atoms with van der Waals surface area (Å²) in [6.07, 6.45) is 0.